The fraction of sp³-hybridized carbons (Fsp3) is 0.733. The maximum atomic E-state index is 6.38. The van der Waals surface area contributed by atoms with Crippen molar-refractivity contribution in [2.45, 2.75) is 38.3 Å². The Bertz CT molecular complexity index is 404. The van der Waals surface area contributed by atoms with E-state index in [1.54, 1.807) is 11.3 Å². The molecule has 0 saturated carbocycles. The summed E-state index contributed by atoms with van der Waals surface area (Å²) >= 11 is 5.36. The topological polar surface area (TPSA) is 32.5 Å². The second-order valence-electron chi connectivity index (χ2n) is 5.71. The number of rotatable bonds is 7. The molecule has 2 heterocycles. The van der Waals surface area contributed by atoms with Gasteiger partial charge in [0.15, 0.2) is 0 Å². The molecule has 1 saturated heterocycles. The quantitative estimate of drug-likeness (QED) is 0.810. The zero-order chi connectivity index (χ0) is 14.5. The summed E-state index contributed by atoms with van der Waals surface area (Å²) in [6.07, 6.45) is 3.73. The number of likely N-dealkylation sites (tertiary alicyclic amines) is 1. The Balaban J connectivity index is 1.98. The van der Waals surface area contributed by atoms with Crippen molar-refractivity contribution in [2.75, 3.05) is 33.2 Å². The average Bonchev–Trinajstić information content (AvgIpc) is 3.08. The highest BCUT2D eigenvalue weighted by Gasteiger charge is 2.25. The molecule has 1 aliphatic heterocycles. The van der Waals surface area contributed by atoms with Gasteiger partial charge >= 0.3 is 0 Å². The van der Waals surface area contributed by atoms with Crippen LogP contribution in [0.1, 0.15) is 37.1 Å². The van der Waals surface area contributed by atoms with Gasteiger partial charge in [0.05, 0.1) is 6.04 Å². The maximum absolute atomic E-state index is 6.38. The van der Waals surface area contributed by atoms with E-state index in [1.165, 1.54) is 35.3 Å². The molecule has 114 valence electrons. The van der Waals surface area contributed by atoms with Gasteiger partial charge in [-0.2, -0.15) is 0 Å². The summed E-state index contributed by atoms with van der Waals surface area (Å²) in [6, 6.07) is 2.75. The van der Waals surface area contributed by atoms with E-state index in [0.29, 0.717) is 6.04 Å². The van der Waals surface area contributed by atoms with Gasteiger partial charge in [-0.1, -0.05) is 6.92 Å². The molecule has 0 aromatic carbocycles. The van der Waals surface area contributed by atoms with E-state index in [1.807, 2.05) is 0 Å². The van der Waals surface area contributed by atoms with Crippen molar-refractivity contribution in [3.05, 3.63) is 20.8 Å². The van der Waals surface area contributed by atoms with Crippen molar-refractivity contribution < 1.29 is 0 Å². The Hall–Kier alpha value is 0.0600. The second kappa shape index (κ2) is 7.90. The van der Waals surface area contributed by atoms with Crippen LogP contribution in [0.3, 0.4) is 0 Å². The van der Waals surface area contributed by atoms with Gasteiger partial charge < -0.3 is 10.6 Å². The summed E-state index contributed by atoms with van der Waals surface area (Å²) in [4.78, 5) is 6.37. The number of hydrogen-bond donors (Lipinski definition) is 1. The van der Waals surface area contributed by atoms with Crippen LogP contribution in [0.25, 0.3) is 0 Å². The molecule has 2 unspecified atom stereocenters. The molecule has 0 spiro atoms. The highest BCUT2D eigenvalue weighted by atomic mass is 79.9. The predicted octanol–water partition coefficient (Wildman–Crippen LogP) is 3.32. The van der Waals surface area contributed by atoms with Crippen LogP contribution in [0.15, 0.2) is 15.9 Å². The fourth-order valence-corrected chi connectivity index (χ4v) is 4.59. The molecule has 3 nitrogen and oxygen atoms in total. The molecule has 5 heteroatoms. The van der Waals surface area contributed by atoms with Gasteiger partial charge in [0, 0.05) is 33.9 Å². The lowest BCUT2D eigenvalue weighted by molar-refractivity contribution is 0.184. The first-order chi connectivity index (χ1) is 9.61. The molecule has 0 aliphatic carbocycles. The number of nitrogens with zero attached hydrogens (tertiary/aromatic N) is 2. The summed E-state index contributed by atoms with van der Waals surface area (Å²) < 4.78 is 1.17. The third-order valence-corrected chi connectivity index (χ3v) is 5.96. The molecular weight excluding hydrogens is 334 g/mol. The van der Waals surface area contributed by atoms with Crippen molar-refractivity contribution in [1.29, 1.82) is 0 Å². The fourth-order valence-electron chi connectivity index (χ4n) is 2.91. The Labute approximate surface area is 135 Å². The second-order valence-corrected chi connectivity index (χ2v) is 7.57. The third kappa shape index (κ3) is 4.28. The smallest absolute Gasteiger partial charge is 0.0591 e. The molecule has 1 aliphatic rings. The van der Waals surface area contributed by atoms with Gasteiger partial charge in [0.2, 0.25) is 0 Å². The standard InChI is InChI=1S/C15H26BrN3S/c1-3-13(17)15(14-10-12(16)11-20-14)18(2)8-9-19-6-4-5-7-19/h10-11,13,15H,3-9,17H2,1-2H3. The van der Waals surface area contributed by atoms with Crippen molar-refractivity contribution in [3.63, 3.8) is 0 Å². The molecular formula is C15H26BrN3S. The number of likely N-dealkylation sites (N-methyl/N-ethyl adjacent to an activating group) is 1. The lowest BCUT2D eigenvalue weighted by Gasteiger charge is -2.32. The lowest BCUT2D eigenvalue weighted by Crippen LogP contribution is -2.41. The normalized spacial score (nSPS) is 19.6. The van der Waals surface area contributed by atoms with E-state index < -0.39 is 0 Å². The van der Waals surface area contributed by atoms with Crippen LogP contribution in [0.4, 0.5) is 0 Å². The molecule has 2 atom stereocenters. The highest BCUT2D eigenvalue weighted by molar-refractivity contribution is 9.10. The van der Waals surface area contributed by atoms with Gasteiger partial charge in [0.25, 0.3) is 0 Å². The number of nitrogens with two attached hydrogens (primary N) is 1. The monoisotopic (exact) mass is 359 g/mol. The van der Waals surface area contributed by atoms with Gasteiger partial charge in [-0.15, -0.1) is 11.3 Å². The van der Waals surface area contributed by atoms with Gasteiger partial charge in [0.1, 0.15) is 0 Å². The third-order valence-electron chi connectivity index (χ3n) is 4.20. The number of thiophene rings is 1. The molecule has 2 N–H and O–H groups in total. The van der Waals surface area contributed by atoms with Gasteiger partial charge in [-0.05, 0) is 61.4 Å². The van der Waals surface area contributed by atoms with E-state index in [0.717, 1.165) is 19.5 Å². The Kier molecular flexibility index (Phi) is 6.49. The van der Waals surface area contributed by atoms with E-state index >= 15 is 0 Å². The minimum atomic E-state index is 0.198. The highest BCUT2D eigenvalue weighted by Crippen LogP contribution is 2.31. The minimum absolute atomic E-state index is 0.198. The maximum Gasteiger partial charge on any atom is 0.0591 e. The zero-order valence-electron chi connectivity index (χ0n) is 12.5. The molecule has 1 aromatic heterocycles. The molecule has 2 rings (SSSR count). The van der Waals surface area contributed by atoms with Crippen molar-refractivity contribution in [2.24, 2.45) is 5.73 Å². The van der Waals surface area contributed by atoms with Gasteiger partial charge in [-0.3, -0.25) is 4.90 Å². The van der Waals surface area contributed by atoms with E-state index in [4.69, 9.17) is 5.73 Å². The predicted molar refractivity (Wildman–Crippen MR) is 91.3 cm³/mol. The largest absolute Gasteiger partial charge is 0.326 e. The van der Waals surface area contributed by atoms with Crippen molar-refractivity contribution >= 4 is 27.3 Å². The van der Waals surface area contributed by atoms with Crippen LogP contribution in [-0.4, -0.2) is 49.1 Å². The SMILES string of the molecule is CCC(N)C(c1cc(Br)cs1)N(C)CCN1CCCC1. The number of halogens is 1. The Morgan fingerprint density at radius 1 is 1.45 bits per heavy atom. The van der Waals surface area contributed by atoms with Crippen LogP contribution >= 0.6 is 27.3 Å². The summed E-state index contributed by atoms with van der Waals surface area (Å²) in [6.45, 7) is 6.96. The molecule has 0 bridgehead atoms. The van der Waals surface area contributed by atoms with Crippen molar-refractivity contribution in [3.8, 4) is 0 Å². The van der Waals surface area contributed by atoms with E-state index in [2.05, 4.69) is 51.1 Å². The first-order valence-electron chi connectivity index (χ1n) is 7.54. The first-order valence-corrected chi connectivity index (χ1v) is 9.21. The van der Waals surface area contributed by atoms with Crippen LogP contribution < -0.4 is 5.73 Å². The van der Waals surface area contributed by atoms with Crippen LogP contribution in [0.5, 0.6) is 0 Å². The molecule has 0 amide bonds. The number of hydrogen-bond acceptors (Lipinski definition) is 4. The Morgan fingerprint density at radius 2 is 2.15 bits per heavy atom. The molecule has 1 aromatic rings. The van der Waals surface area contributed by atoms with Crippen LogP contribution in [0.2, 0.25) is 0 Å². The molecule has 1 fully saturated rings. The average molecular weight is 360 g/mol. The summed E-state index contributed by atoms with van der Waals surface area (Å²) in [5.41, 5.74) is 6.38. The molecule has 0 radical (unpaired) electrons. The van der Waals surface area contributed by atoms with Crippen LogP contribution in [-0.2, 0) is 0 Å². The molecule has 20 heavy (non-hydrogen) atoms. The summed E-state index contributed by atoms with van der Waals surface area (Å²) in [7, 11) is 2.21. The van der Waals surface area contributed by atoms with E-state index in [-0.39, 0.29) is 6.04 Å². The van der Waals surface area contributed by atoms with Crippen molar-refractivity contribution in [1.82, 2.24) is 9.80 Å². The Morgan fingerprint density at radius 3 is 2.70 bits per heavy atom. The minimum Gasteiger partial charge on any atom is -0.326 e. The zero-order valence-corrected chi connectivity index (χ0v) is 14.9. The first kappa shape index (κ1) is 16.4. The van der Waals surface area contributed by atoms with Crippen LogP contribution in [0, 0.1) is 0 Å². The van der Waals surface area contributed by atoms with E-state index in [9.17, 15) is 0 Å². The summed E-state index contributed by atoms with van der Waals surface area (Å²) in [5.74, 6) is 0. The summed E-state index contributed by atoms with van der Waals surface area (Å²) in [5, 5.41) is 2.15. The van der Waals surface area contributed by atoms with Gasteiger partial charge in [-0.25, -0.2) is 0 Å². The lowest BCUT2D eigenvalue weighted by atomic mass is 10.0.